The van der Waals surface area contributed by atoms with Gasteiger partial charge in [0.25, 0.3) is 0 Å². The van der Waals surface area contributed by atoms with Gasteiger partial charge < -0.3 is 10.6 Å². The van der Waals surface area contributed by atoms with Crippen LogP contribution in [0, 0.1) is 6.92 Å². The lowest BCUT2D eigenvalue weighted by atomic mass is 10.0. The van der Waals surface area contributed by atoms with E-state index in [-0.39, 0.29) is 11.9 Å². The Morgan fingerprint density at radius 3 is 3.00 bits per heavy atom. The molecule has 3 nitrogen and oxygen atoms in total. The van der Waals surface area contributed by atoms with Crippen molar-refractivity contribution in [2.24, 2.45) is 0 Å². The van der Waals surface area contributed by atoms with E-state index in [0.717, 1.165) is 24.5 Å². The van der Waals surface area contributed by atoms with Crippen molar-refractivity contribution in [3.05, 3.63) is 35.4 Å². The maximum atomic E-state index is 12.0. The Morgan fingerprint density at radius 1 is 1.50 bits per heavy atom. The number of thioether (sulfide) groups is 1. The first-order valence-corrected chi connectivity index (χ1v) is 8.45. The van der Waals surface area contributed by atoms with Gasteiger partial charge in [-0.3, -0.25) is 4.79 Å². The second kappa shape index (κ2) is 7.70. The van der Waals surface area contributed by atoms with Crippen LogP contribution < -0.4 is 10.6 Å². The number of carbonyl (C=O) groups excluding carboxylic acids is 1. The lowest BCUT2D eigenvalue weighted by Gasteiger charge is -2.23. The average Bonchev–Trinajstić information content (AvgIpc) is 2.42. The summed E-state index contributed by atoms with van der Waals surface area (Å²) in [6.07, 6.45) is 1.48. The van der Waals surface area contributed by atoms with Gasteiger partial charge in [0.15, 0.2) is 0 Å². The van der Waals surface area contributed by atoms with Crippen molar-refractivity contribution in [2.75, 3.05) is 18.1 Å². The minimum atomic E-state index is 0.158. The summed E-state index contributed by atoms with van der Waals surface area (Å²) in [6, 6.07) is 8.87. The normalized spacial score (nSPS) is 20.4. The summed E-state index contributed by atoms with van der Waals surface area (Å²) in [4.78, 5) is 12.0. The molecule has 1 fully saturated rings. The third-order valence-electron chi connectivity index (χ3n) is 3.62. The number of hydrogen-bond acceptors (Lipinski definition) is 3. The van der Waals surface area contributed by atoms with Crippen LogP contribution in [0.3, 0.4) is 0 Å². The predicted octanol–water partition coefficient (Wildman–Crippen LogP) is 2.14. The van der Waals surface area contributed by atoms with Crippen LogP contribution in [0.5, 0.6) is 0 Å². The summed E-state index contributed by atoms with van der Waals surface area (Å²) in [5, 5.41) is 6.52. The summed E-state index contributed by atoms with van der Waals surface area (Å²) in [5.74, 6) is 2.35. The number of amides is 1. The smallest absolute Gasteiger partial charge is 0.221 e. The molecule has 1 saturated heterocycles. The number of hydrogen-bond donors (Lipinski definition) is 2. The molecule has 1 amide bonds. The van der Waals surface area contributed by atoms with E-state index in [0.29, 0.717) is 12.5 Å². The summed E-state index contributed by atoms with van der Waals surface area (Å²) in [5.41, 5.74) is 2.60. The van der Waals surface area contributed by atoms with Crippen molar-refractivity contribution < 1.29 is 4.79 Å². The van der Waals surface area contributed by atoms with E-state index in [1.54, 1.807) is 0 Å². The van der Waals surface area contributed by atoms with Gasteiger partial charge in [0.2, 0.25) is 5.91 Å². The average molecular weight is 292 g/mol. The second-order valence-electron chi connectivity index (χ2n) is 5.53. The Labute approximate surface area is 125 Å². The first kappa shape index (κ1) is 15.4. The zero-order chi connectivity index (χ0) is 14.4. The lowest BCUT2D eigenvalue weighted by Crippen LogP contribution is -2.43. The summed E-state index contributed by atoms with van der Waals surface area (Å²) in [6.45, 7) is 5.21. The maximum absolute atomic E-state index is 12.0. The van der Waals surface area contributed by atoms with Gasteiger partial charge >= 0.3 is 0 Å². The van der Waals surface area contributed by atoms with Crippen LogP contribution in [0.4, 0.5) is 0 Å². The Bertz CT molecular complexity index is 444. The van der Waals surface area contributed by atoms with E-state index >= 15 is 0 Å². The van der Waals surface area contributed by atoms with Crippen LogP contribution in [0.2, 0.25) is 0 Å². The van der Waals surface area contributed by atoms with Gasteiger partial charge in [-0.1, -0.05) is 24.3 Å². The molecule has 0 saturated carbocycles. The molecule has 20 heavy (non-hydrogen) atoms. The molecular weight excluding hydrogens is 268 g/mol. The molecule has 0 aliphatic carbocycles. The van der Waals surface area contributed by atoms with Gasteiger partial charge in [-0.15, -0.1) is 0 Å². The minimum absolute atomic E-state index is 0.158. The van der Waals surface area contributed by atoms with Gasteiger partial charge in [-0.05, 0) is 31.4 Å². The predicted molar refractivity (Wildman–Crippen MR) is 86.2 cm³/mol. The van der Waals surface area contributed by atoms with E-state index in [9.17, 15) is 4.79 Å². The molecule has 0 bridgehead atoms. The molecule has 1 aliphatic rings. The molecule has 110 valence electrons. The third-order valence-corrected chi connectivity index (χ3v) is 4.76. The van der Waals surface area contributed by atoms with Crippen LogP contribution in [0.1, 0.15) is 24.5 Å². The highest BCUT2D eigenvalue weighted by Crippen LogP contribution is 2.12. The topological polar surface area (TPSA) is 41.1 Å². The summed E-state index contributed by atoms with van der Waals surface area (Å²) < 4.78 is 0. The first-order valence-electron chi connectivity index (χ1n) is 7.30. The van der Waals surface area contributed by atoms with Crippen LogP contribution >= 0.6 is 11.8 Å². The van der Waals surface area contributed by atoms with Crippen molar-refractivity contribution in [1.29, 1.82) is 0 Å². The maximum Gasteiger partial charge on any atom is 0.221 e. The molecule has 1 aliphatic heterocycles. The molecule has 1 aromatic carbocycles. The van der Waals surface area contributed by atoms with E-state index in [2.05, 4.69) is 48.7 Å². The molecule has 4 heteroatoms. The fourth-order valence-electron chi connectivity index (χ4n) is 2.53. The molecule has 1 aromatic rings. The zero-order valence-electron chi connectivity index (χ0n) is 12.3. The SMILES string of the molecule is Cc1ccccc1CC(C)NC(=O)CC1CSCCN1. The van der Waals surface area contributed by atoms with Gasteiger partial charge in [-0.2, -0.15) is 11.8 Å². The number of carbonyl (C=O) groups is 1. The molecular formula is C16H24N2OS. The second-order valence-corrected chi connectivity index (χ2v) is 6.68. The van der Waals surface area contributed by atoms with Crippen LogP contribution in [0.15, 0.2) is 24.3 Å². The van der Waals surface area contributed by atoms with Gasteiger partial charge in [0.1, 0.15) is 0 Å². The molecule has 0 aromatic heterocycles. The Balaban J connectivity index is 1.77. The largest absolute Gasteiger partial charge is 0.353 e. The highest BCUT2D eigenvalue weighted by molar-refractivity contribution is 7.99. The fourth-order valence-corrected chi connectivity index (χ4v) is 3.48. The minimum Gasteiger partial charge on any atom is -0.353 e. The number of benzene rings is 1. The highest BCUT2D eigenvalue weighted by atomic mass is 32.2. The van der Waals surface area contributed by atoms with E-state index in [4.69, 9.17) is 0 Å². The standard InChI is InChI=1S/C16H24N2OS/c1-12-5-3-4-6-14(12)9-13(2)18-16(19)10-15-11-20-8-7-17-15/h3-6,13,15,17H,7-11H2,1-2H3,(H,18,19). The Morgan fingerprint density at radius 2 is 2.30 bits per heavy atom. The highest BCUT2D eigenvalue weighted by Gasteiger charge is 2.17. The fraction of sp³-hybridized carbons (Fsp3) is 0.562. The van der Waals surface area contributed by atoms with E-state index in [1.807, 2.05) is 11.8 Å². The molecule has 2 atom stereocenters. The molecule has 0 radical (unpaired) electrons. The van der Waals surface area contributed by atoms with Crippen molar-refractivity contribution in [3.8, 4) is 0 Å². The van der Waals surface area contributed by atoms with Crippen molar-refractivity contribution in [1.82, 2.24) is 10.6 Å². The Hall–Kier alpha value is -1.000. The van der Waals surface area contributed by atoms with E-state index in [1.165, 1.54) is 11.1 Å². The monoisotopic (exact) mass is 292 g/mol. The molecule has 0 spiro atoms. The van der Waals surface area contributed by atoms with Crippen LogP contribution in [0.25, 0.3) is 0 Å². The lowest BCUT2D eigenvalue weighted by molar-refractivity contribution is -0.122. The summed E-state index contributed by atoms with van der Waals surface area (Å²) >= 11 is 1.93. The van der Waals surface area contributed by atoms with Crippen LogP contribution in [-0.2, 0) is 11.2 Å². The number of aryl methyl sites for hydroxylation is 1. The quantitative estimate of drug-likeness (QED) is 0.873. The molecule has 2 N–H and O–H groups in total. The number of nitrogens with one attached hydrogen (secondary N) is 2. The molecule has 2 rings (SSSR count). The first-order chi connectivity index (χ1) is 9.65. The van der Waals surface area contributed by atoms with E-state index < -0.39 is 0 Å². The van der Waals surface area contributed by atoms with Gasteiger partial charge in [0.05, 0.1) is 0 Å². The van der Waals surface area contributed by atoms with Gasteiger partial charge in [0, 0.05) is 36.6 Å². The van der Waals surface area contributed by atoms with Crippen LogP contribution in [-0.4, -0.2) is 36.0 Å². The summed E-state index contributed by atoms with van der Waals surface area (Å²) in [7, 11) is 0. The molecule has 1 heterocycles. The third kappa shape index (κ3) is 4.84. The zero-order valence-corrected chi connectivity index (χ0v) is 13.1. The number of rotatable bonds is 5. The Kier molecular flexibility index (Phi) is 5.92. The van der Waals surface area contributed by atoms with Crippen molar-refractivity contribution >= 4 is 17.7 Å². The van der Waals surface area contributed by atoms with Crippen molar-refractivity contribution in [3.63, 3.8) is 0 Å². The van der Waals surface area contributed by atoms with Gasteiger partial charge in [-0.25, -0.2) is 0 Å². The molecule has 2 unspecified atom stereocenters. The van der Waals surface area contributed by atoms with Crippen molar-refractivity contribution in [2.45, 2.75) is 38.8 Å².